The summed E-state index contributed by atoms with van der Waals surface area (Å²) in [5.74, 6) is -2.13. The maximum Gasteiger partial charge on any atom is 0.326 e. The normalized spacial score (nSPS) is 23.3. The molecule has 0 bridgehead atoms. The van der Waals surface area contributed by atoms with Crippen LogP contribution in [0.25, 0.3) is 0 Å². The van der Waals surface area contributed by atoms with Gasteiger partial charge in [0.25, 0.3) is 0 Å². The maximum atomic E-state index is 12.3. The molecule has 1 aliphatic heterocycles. The quantitative estimate of drug-likeness (QED) is 0.461. The minimum Gasteiger partial charge on any atom is -0.456 e. The lowest BCUT2D eigenvalue weighted by Gasteiger charge is -2.19. The van der Waals surface area contributed by atoms with E-state index in [1.165, 1.54) is 11.3 Å². The summed E-state index contributed by atoms with van der Waals surface area (Å²) in [5, 5.41) is 0. The number of nitrogens with zero attached hydrogens (tertiary/aromatic N) is 1. The second-order valence-corrected chi connectivity index (χ2v) is 7.54. The summed E-state index contributed by atoms with van der Waals surface area (Å²) in [4.78, 5) is 50.9. The first kappa shape index (κ1) is 16.8. The highest BCUT2D eigenvalue weighted by molar-refractivity contribution is 7.14. The molecule has 1 aromatic rings. The molecule has 2 amide bonds. The van der Waals surface area contributed by atoms with E-state index >= 15 is 0 Å². The predicted octanol–water partition coefficient (Wildman–Crippen LogP) is 1.96. The molecular formula is C17H19NO5S. The van der Waals surface area contributed by atoms with Gasteiger partial charge in [-0.2, -0.15) is 0 Å². The van der Waals surface area contributed by atoms with Crippen molar-refractivity contribution in [3.05, 3.63) is 21.9 Å². The zero-order valence-corrected chi connectivity index (χ0v) is 14.3. The maximum absolute atomic E-state index is 12.3. The van der Waals surface area contributed by atoms with Crippen molar-refractivity contribution >= 4 is 34.9 Å². The van der Waals surface area contributed by atoms with Crippen molar-refractivity contribution in [1.29, 1.82) is 0 Å². The summed E-state index contributed by atoms with van der Waals surface area (Å²) in [7, 11) is 0. The van der Waals surface area contributed by atoms with Gasteiger partial charge in [-0.3, -0.25) is 24.1 Å². The van der Waals surface area contributed by atoms with Crippen molar-refractivity contribution in [3.63, 3.8) is 0 Å². The molecule has 2 aliphatic rings. The van der Waals surface area contributed by atoms with Crippen molar-refractivity contribution < 1.29 is 23.9 Å². The molecule has 0 spiro atoms. The number of carbonyl (C=O) groups is 4. The summed E-state index contributed by atoms with van der Waals surface area (Å²) in [6.45, 7) is 1.11. The fourth-order valence-corrected chi connectivity index (χ4v) is 4.15. The van der Waals surface area contributed by atoms with Gasteiger partial charge in [0, 0.05) is 4.88 Å². The highest BCUT2D eigenvalue weighted by Gasteiger charge is 2.48. The molecule has 0 N–H and O–H groups in total. The lowest BCUT2D eigenvalue weighted by atomic mass is 9.81. The molecule has 3 rings (SSSR count). The number of Topliss-reactive ketones (excluding diaryl/α,β-unsaturated/α-hetero) is 1. The Labute approximate surface area is 143 Å². The first-order chi connectivity index (χ1) is 11.5. The SMILES string of the molecule is Cc1ccc(C(=O)COC(=O)CN2C(=O)C3CCCCC3C2=O)s1. The highest BCUT2D eigenvalue weighted by Crippen LogP contribution is 2.37. The summed E-state index contributed by atoms with van der Waals surface area (Å²) in [5.41, 5.74) is 0. The van der Waals surface area contributed by atoms with Gasteiger partial charge >= 0.3 is 5.97 Å². The Bertz CT molecular complexity index is 671. The fourth-order valence-electron chi connectivity index (χ4n) is 3.36. The molecule has 24 heavy (non-hydrogen) atoms. The number of carbonyl (C=O) groups excluding carboxylic acids is 4. The van der Waals surface area contributed by atoms with E-state index in [-0.39, 0.29) is 36.0 Å². The minimum absolute atomic E-state index is 0.276. The Balaban J connectivity index is 1.54. The van der Waals surface area contributed by atoms with E-state index < -0.39 is 12.5 Å². The van der Waals surface area contributed by atoms with Crippen LogP contribution in [0.15, 0.2) is 12.1 Å². The third kappa shape index (κ3) is 3.26. The van der Waals surface area contributed by atoms with Crippen LogP contribution in [0, 0.1) is 18.8 Å². The standard InChI is InChI=1S/C17H19NO5S/c1-10-6-7-14(24-10)13(19)9-23-15(20)8-18-16(21)11-4-2-3-5-12(11)17(18)22/h6-7,11-12H,2-5,8-9H2,1H3. The van der Waals surface area contributed by atoms with Gasteiger partial charge in [0.2, 0.25) is 17.6 Å². The van der Waals surface area contributed by atoms with Crippen molar-refractivity contribution in [2.24, 2.45) is 11.8 Å². The van der Waals surface area contributed by atoms with E-state index in [1.807, 2.05) is 13.0 Å². The molecule has 2 fully saturated rings. The second-order valence-electron chi connectivity index (χ2n) is 6.25. The van der Waals surface area contributed by atoms with Crippen LogP contribution in [0.2, 0.25) is 0 Å². The predicted molar refractivity (Wildman–Crippen MR) is 86.5 cm³/mol. The van der Waals surface area contributed by atoms with Gasteiger partial charge in [0.05, 0.1) is 16.7 Å². The number of hydrogen-bond donors (Lipinski definition) is 0. The number of aryl methyl sites for hydroxylation is 1. The largest absolute Gasteiger partial charge is 0.456 e. The average Bonchev–Trinajstić information content (AvgIpc) is 3.11. The van der Waals surface area contributed by atoms with Crippen LogP contribution in [-0.4, -0.2) is 41.6 Å². The van der Waals surface area contributed by atoms with Gasteiger partial charge in [-0.15, -0.1) is 11.3 Å². The van der Waals surface area contributed by atoms with Gasteiger partial charge in [0.1, 0.15) is 6.54 Å². The van der Waals surface area contributed by atoms with Gasteiger partial charge in [-0.25, -0.2) is 0 Å². The number of imide groups is 1. The monoisotopic (exact) mass is 349 g/mol. The van der Waals surface area contributed by atoms with Gasteiger partial charge in [-0.05, 0) is 31.9 Å². The number of thiophene rings is 1. The Hall–Kier alpha value is -2.02. The second kappa shape index (κ2) is 6.84. The Morgan fingerprint density at radius 3 is 2.33 bits per heavy atom. The summed E-state index contributed by atoms with van der Waals surface area (Å²) < 4.78 is 4.95. The number of ether oxygens (including phenoxy) is 1. The summed E-state index contributed by atoms with van der Waals surface area (Å²) >= 11 is 1.34. The van der Waals surface area contributed by atoms with Gasteiger partial charge in [0.15, 0.2) is 6.61 Å². The molecule has 2 heterocycles. The van der Waals surface area contributed by atoms with Crippen molar-refractivity contribution in [2.45, 2.75) is 32.6 Å². The van der Waals surface area contributed by atoms with E-state index in [0.717, 1.165) is 22.6 Å². The molecule has 2 unspecified atom stereocenters. The third-order valence-corrected chi connectivity index (χ3v) is 5.64. The van der Waals surface area contributed by atoms with E-state index in [2.05, 4.69) is 0 Å². The Kier molecular flexibility index (Phi) is 4.80. The number of fused-ring (bicyclic) bond motifs is 1. The van der Waals surface area contributed by atoms with Crippen LogP contribution in [0.4, 0.5) is 0 Å². The van der Waals surface area contributed by atoms with Crippen LogP contribution in [0.5, 0.6) is 0 Å². The zero-order chi connectivity index (χ0) is 17.3. The van der Waals surface area contributed by atoms with Gasteiger partial charge < -0.3 is 4.74 Å². The number of rotatable bonds is 5. The zero-order valence-electron chi connectivity index (χ0n) is 13.4. The average molecular weight is 349 g/mol. The van der Waals surface area contributed by atoms with Crippen LogP contribution < -0.4 is 0 Å². The lowest BCUT2D eigenvalue weighted by Crippen LogP contribution is -2.37. The van der Waals surface area contributed by atoms with E-state index in [4.69, 9.17) is 4.74 Å². The Morgan fingerprint density at radius 2 is 1.79 bits per heavy atom. The number of esters is 1. The fraction of sp³-hybridized carbons (Fsp3) is 0.529. The smallest absolute Gasteiger partial charge is 0.326 e. The van der Waals surface area contributed by atoms with Crippen LogP contribution in [0.1, 0.15) is 40.2 Å². The van der Waals surface area contributed by atoms with Crippen LogP contribution in [-0.2, 0) is 19.1 Å². The molecule has 2 atom stereocenters. The van der Waals surface area contributed by atoms with Crippen molar-refractivity contribution in [3.8, 4) is 0 Å². The summed E-state index contributed by atoms with van der Waals surface area (Å²) in [6.07, 6.45) is 3.29. The number of likely N-dealkylation sites (tertiary alicyclic amines) is 1. The molecule has 1 aromatic heterocycles. The minimum atomic E-state index is -0.725. The molecule has 1 aliphatic carbocycles. The molecule has 6 nitrogen and oxygen atoms in total. The van der Waals surface area contributed by atoms with Gasteiger partial charge in [-0.1, -0.05) is 12.8 Å². The van der Waals surface area contributed by atoms with E-state index in [9.17, 15) is 19.2 Å². The number of amides is 2. The first-order valence-electron chi connectivity index (χ1n) is 8.08. The molecule has 1 saturated heterocycles. The topological polar surface area (TPSA) is 80.8 Å². The van der Waals surface area contributed by atoms with Crippen molar-refractivity contribution in [1.82, 2.24) is 4.90 Å². The Morgan fingerprint density at radius 1 is 1.17 bits per heavy atom. The molecule has 0 aromatic carbocycles. The first-order valence-corrected chi connectivity index (χ1v) is 8.89. The van der Waals surface area contributed by atoms with Crippen LogP contribution in [0.3, 0.4) is 0 Å². The third-order valence-electron chi connectivity index (χ3n) is 4.60. The molecule has 0 radical (unpaired) electrons. The molecule has 1 saturated carbocycles. The van der Waals surface area contributed by atoms with Crippen LogP contribution >= 0.6 is 11.3 Å². The van der Waals surface area contributed by atoms with Crippen molar-refractivity contribution in [2.75, 3.05) is 13.2 Å². The summed E-state index contributed by atoms with van der Waals surface area (Å²) in [6, 6.07) is 3.51. The number of ketones is 1. The molecular weight excluding hydrogens is 330 g/mol. The van der Waals surface area contributed by atoms with E-state index in [1.54, 1.807) is 6.07 Å². The molecule has 128 valence electrons. The highest BCUT2D eigenvalue weighted by atomic mass is 32.1. The number of hydrogen-bond acceptors (Lipinski definition) is 6. The molecule has 7 heteroatoms. The van der Waals surface area contributed by atoms with E-state index in [0.29, 0.717) is 17.7 Å². The lowest BCUT2D eigenvalue weighted by molar-refractivity contribution is -0.152.